The number of halogens is 1. The van der Waals surface area contributed by atoms with Gasteiger partial charge in [-0.3, -0.25) is 0 Å². The fraction of sp³-hybridized carbons (Fsp3) is 0.333. The van der Waals surface area contributed by atoms with Gasteiger partial charge in [0.1, 0.15) is 23.3 Å². The zero-order valence-electron chi connectivity index (χ0n) is 12.0. The van der Waals surface area contributed by atoms with Crippen molar-refractivity contribution in [1.82, 2.24) is 9.97 Å². The number of para-hydroxylation sites is 1. The van der Waals surface area contributed by atoms with Crippen molar-refractivity contribution in [2.45, 2.75) is 20.3 Å². The first kappa shape index (κ1) is 14.2. The molecule has 0 atom stereocenters. The largest absolute Gasteiger partial charge is 0.373 e. The van der Waals surface area contributed by atoms with E-state index in [9.17, 15) is 4.39 Å². The van der Waals surface area contributed by atoms with Crippen LogP contribution in [0.15, 0.2) is 30.3 Å². The molecule has 0 unspecified atom stereocenters. The maximum atomic E-state index is 14.0. The van der Waals surface area contributed by atoms with Gasteiger partial charge in [-0.15, -0.1) is 0 Å². The maximum absolute atomic E-state index is 14.0. The molecular formula is C15H19FN4. The zero-order valence-corrected chi connectivity index (χ0v) is 12.0. The molecule has 0 saturated carbocycles. The highest BCUT2D eigenvalue weighted by Crippen LogP contribution is 2.27. The molecule has 0 amide bonds. The van der Waals surface area contributed by atoms with Crippen LogP contribution in [-0.4, -0.2) is 23.6 Å². The summed E-state index contributed by atoms with van der Waals surface area (Å²) in [4.78, 5) is 10.7. The molecule has 0 saturated heterocycles. The molecule has 0 spiro atoms. The molecule has 0 bridgehead atoms. The Bertz CT molecular complexity index is 564. The lowest BCUT2D eigenvalue weighted by molar-refractivity contribution is 0.625. The predicted octanol–water partition coefficient (Wildman–Crippen LogP) is 3.38. The molecule has 2 aromatic rings. The standard InChI is InChI=1S/C15H19FN4/c1-4-13-18-14(17-3)10-15(19-13)20(5-2)12-9-7-6-8-11(12)16/h6-10H,4-5H2,1-3H3,(H,17,18,19). The molecule has 20 heavy (non-hydrogen) atoms. The van der Waals surface area contributed by atoms with E-state index in [0.29, 0.717) is 18.1 Å². The fourth-order valence-corrected chi connectivity index (χ4v) is 2.03. The van der Waals surface area contributed by atoms with Crippen LogP contribution in [0.4, 0.5) is 21.7 Å². The average Bonchev–Trinajstić information content (AvgIpc) is 2.49. The van der Waals surface area contributed by atoms with Gasteiger partial charge in [-0.2, -0.15) is 0 Å². The Labute approximate surface area is 118 Å². The van der Waals surface area contributed by atoms with Crippen molar-refractivity contribution in [3.05, 3.63) is 42.0 Å². The highest BCUT2D eigenvalue weighted by molar-refractivity contribution is 5.63. The topological polar surface area (TPSA) is 41.1 Å². The predicted molar refractivity (Wildman–Crippen MR) is 80.0 cm³/mol. The van der Waals surface area contributed by atoms with Gasteiger partial charge in [-0.05, 0) is 19.1 Å². The monoisotopic (exact) mass is 274 g/mol. The molecule has 0 radical (unpaired) electrons. The molecule has 1 N–H and O–H groups in total. The zero-order chi connectivity index (χ0) is 14.5. The summed E-state index contributed by atoms with van der Waals surface area (Å²) in [5.74, 6) is 1.93. The molecule has 4 nitrogen and oxygen atoms in total. The molecule has 0 aliphatic carbocycles. The first-order valence-electron chi connectivity index (χ1n) is 6.77. The fourth-order valence-electron chi connectivity index (χ4n) is 2.03. The molecular weight excluding hydrogens is 255 g/mol. The Kier molecular flexibility index (Phi) is 4.50. The SMILES string of the molecule is CCc1nc(NC)cc(N(CC)c2ccccc2F)n1. The molecule has 0 aliphatic rings. The number of benzene rings is 1. The summed E-state index contributed by atoms with van der Waals surface area (Å²) in [7, 11) is 1.81. The number of hydrogen-bond donors (Lipinski definition) is 1. The van der Waals surface area contributed by atoms with E-state index in [-0.39, 0.29) is 5.82 Å². The summed E-state index contributed by atoms with van der Waals surface area (Å²) in [6, 6.07) is 8.55. The van der Waals surface area contributed by atoms with Crippen molar-refractivity contribution < 1.29 is 4.39 Å². The number of nitrogens with one attached hydrogen (secondary N) is 1. The van der Waals surface area contributed by atoms with E-state index in [2.05, 4.69) is 15.3 Å². The first-order chi connectivity index (χ1) is 9.69. The quantitative estimate of drug-likeness (QED) is 0.907. The van der Waals surface area contributed by atoms with E-state index in [1.807, 2.05) is 37.9 Å². The van der Waals surface area contributed by atoms with Gasteiger partial charge in [0.25, 0.3) is 0 Å². The van der Waals surface area contributed by atoms with Crippen LogP contribution in [0, 0.1) is 5.82 Å². The third-order valence-electron chi connectivity index (χ3n) is 3.07. The maximum Gasteiger partial charge on any atom is 0.146 e. The summed E-state index contributed by atoms with van der Waals surface area (Å²) in [5.41, 5.74) is 0.526. The number of aromatic nitrogens is 2. The lowest BCUT2D eigenvalue weighted by Gasteiger charge is -2.23. The highest BCUT2D eigenvalue weighted by Gasteiger charge is 2.14. The van der Waals surface area contributed by atoms with Crippen LogP contribution < -0.4 is 10.2 Å². The van der Waals surface area contributed by atoms with Crippen LogP contribution in [0.5, 0.6) is 0 Å². The minimum Gasteiger partial charge on any atom is -0.373 e. The third kappa shape index (κ3) is 2.87. The van der Waals surface area contributed by atoms with E-state index in [4.69, 9.17) is 0 Å². The van der Waals surface area contributed by atoms with Crippen molar-refractivity contribution in [3.63, 3.8) is 0 Å². The van der Waals surface area contributed by atoms with E-state index in [1.54, 1.807) is 12.1 Å². The Morgan fingerprint density at radius 2 is 1.95 bits per heavy atom. The molecule has 106 valence electrons. The first-order valence-corrected chi connectivity index (χ1v) is 6.77. The van der Waals surface area contributed by atoms with E-state index in [0.717, 1.165) is 18.1 Å². The van der Waals surface area contributed by atoms with Gasteiger partial charge < -0.3 is 10.2 Å². The number of rotatable bonds is 5. The molecule has 1 heterocycles. The smallest absolute Gasteiger partial charge is 0.146 e. The summed E-state index contributed by atoms with van der Waals surface area (Å²) in [6.07, 6.45) is 0.733. The second-order valence-electron chi connectivity index (χ2n) is 4.33. The van der Waals surface area contributed by atoms with Gasteiger partial charge in [-0.1, -0.05) is 19.1 Å². The number of anilines is 3. The lowest BCUT2D eigenvalue weighted by Crippen LogP contribution is -2.20. The van der Waals surface area contributed by atoms with Crippen molar-refractivity contribution in [3.8, 4) is 0 Å². The normalized spacial score (nSPS) is 10.4. The van der Waals surface area contributed by atoms with Crippen LogP contribution in [0.2, 0.25) is 0 Å². The van der Waals surface area contributed by atoms with Crippen molar-refractivity contribution in [2.24, 2.45) is 0 Å². The van der Waals surface area contributed by atoms with Crippen LogP contribution in [-0.2, 0) is 6.42 Å². The second kappa shape index (κ2) is 6.32. The lowest BCUT2D eigenvalue weighted by atomic mass is 10.2. The Morgan fingerprint density at radius 3 is 2.55 bits per heavy atom. The van der Waals surface area contributed by atoms with E-state index >= 15 is 0 Å². The second-order valence-corrected chi connectivity index (χ2v) is 4.33. The number of hydrogen-bond acceptors (Lipinski definition) is 4. The van der Waals surface area contributed by atoms with Crippen molar-refractivity contribution in [2.75, 3.05) is 23.8 Å². The molecule has 5 heteroatoms. The molecule has 0 fully saturated rings. The van der Waals surface area contributed by atoms with E-state index < -0.39 is 0 Å². The van der Waals surface area contributed by atoms with Crippen LogP contribution in [0.1, 0.15) is 19.7 Å². The minimum atomic E-state index is -0.253. The van der Waals surface area contributed by atoms with Gasteiger partial charge in [0.15, 0.2) is 0 Å². The average molecular weight is 274 g/mol. The molecule has 1 aromatic carbocycles. The minimum absolute atomic E-state index is 0.253. The van der Waals surface area contributed by atoms with E-state index in [1.165, 1.54) is 6.07 Å². The molecule has 2 rings (SSSR count). The highest BCUT2D eigenvalue weighted by atomic mass is 19.1. The van der Waals surface area contributed by atoms with Gasteiger partial charge in [0.05, 0.1) is 5.69 Å². The Morgan fingerprint density at radius 1 is 1.20 bits per heavy atom. The van der Waals surface area contributed by atoms with Gasteiger partial charge >= 0.3 is 0 Å². The van der Waals surface area contributed by atoms with Gasteiger partial charge in [-0.25, -0.2) is 14.4 Å². The van der Waals surface area contributed by atoms with Gasteiger partial charge in [0, 0.05) is 26.1 Å². The van der Waals surface area contributed by atoms with Crippen molar-refractivity contribution in [1.29, 1.82) is 0 Å². The molecule has 1 aromatic heterocycles. The van der Waals surface area contributed by atoms with Gasteiger partial charge in [0.2, 0.25) is 0 Å². The number of nitrogens with zero attached hydrogens (tertiary/aromatic N) is 3. The number of aryl methyl sites for hydroxylation is 1. The van der Waals surface area contributed by atoms with Crippen LogP contribution in [0.3, 0.4) is 0 Å². The summed E-state index contributed by atoms with van der Waals surface area (Å²) >= 11 is 0. The van der Waals surface area contributed by atoms with Crippen LogP contribution in [0.25, 0.3) is 0 Å². The summed E-state index contributed by atoms with van der Waals surface area (Å²) < 4.78 is 14.0. The Hall–Kier alpha value is -2.17. The summed E-state index contributed by atoms with van der Waals surface area (Å²) in [6.45, 7) is 4.60. The summed E-state index contributed by atoms with van der Waals surface area (Å²) in [5, 5.41) is 3.02. The van der Waals surface area contributed by atoms with Crippen LogP contribution >= 0.6 is 0 Å². The van der Waals surface area contributed by atoms with Crippen molar-refractivity contribution >= 4 is 17.3 Å². The third-order valence-corrected chi connectivity index (χ3v) is 3.07. The Balaban J connectivity index is 2.49. The molecule has 0 aliphatic heterocycles.